The van der Waals surface area contributed by atoms with Gasteiger partial charge in [-0.2, -0.15) is 0 Å². The van der Waals surface area contributed by atoms with Crippen LogP contribution in [0, 0.1) is 0 Å². The molecule has 0 fully saturated rings. The molecule has 0 spiro atoms. The zero-order valence-corrected chi connectivity index (χ0v) is 8.36. The molecule has 0 bridgehead atoms. The summed E-state index contributed by atoms with van der Waals surface area (Å²) in [6, 6.07) is 0. The van der Waals surface area contributed by atoms with Crippen LogP contribution in [0.15, 0.2) is 0 Å². The second kappa shape index (κ2) is 250. The normalized spacial score (nSPS) is 0. The Kier molecular flexibility index (Phi) is 9510. The maximum atomic E-state index is 0. The van der Waals surface area contributed by atoms with Crippen LogP contribution < -0.4 is 0 Å². The first-order valence-corrected chi connectivity index (χ1v) is 0. The molecule has 0 saturated carbocycles. The van der Waals surface area contributed by atoms with Crippen molar-refractivity contribution in [3.05, 3.63) is 0 Å². The first kappa shape index (κ1) is 342. The van der Waals surface area contributed by atoms with E-state index in [1.807, 2.05) is 0 Å². The van der Waals surface area contributed by atoms with E-state index >= 15 is 0 Å². The van der Waals surface area contributed by atoms with Crippen LogP contribution in [0.3, 0.4) is 0 Å². The van der Waals surface area contributed by atoms with Crippen molar-refractivity contribution in [1.29, 1.82) is 0 Å². The van der Waals surface area contributed by atoms with Gasteiger partial charge in [-0.25, -0.2) is 0 Å². The van der Waals surface area contributed by atoms with Crippen molar-refractivity contribution in [2.24, 2.45) is 0 Å². The van der Waals surface area contributed by atoms with Crippen LogP contribution >= 0.6 is 0 Å². The fourth-order valence-corrected chi connectivity index (χ4v) is 0. The van der Waals surface area contributed by atoms with Gasteiger partial charge in [-0.3, -0.25) is 0 Å². The summed E-state index contributed by atoms with van der Waals surface area (Å²) in [5, 5.41) is 0. The van der Waals surface area contributed by atoms with E-state index < -0.39 is 0 Å². The predicted octanol–water partition coefficient (Wildman–Crippen LogP) is -5.11. The van der Waals surface area contributed by atoms with Crippen LogP contribution in [0.5, 0.6) is 0 Å². The molecule has 0 aromatic rings. The Morgan fingerprint density at radius 2 is 0.444 bits per heavy atom. The first-order valence-electron chi connectivity index (χ1n) is 0. The molecular formula is H14CaO6S2. The zero-order chi connectivity index (χ0) is 0. The third-order valence-corrected chi connectivity index (χ3v) is 0. The molecule has 0 aliphatic carbocycles. The second-order valence-electron chi connectivity index (χ2n) is 0. The van der Waals surface area contributed by atoms with Crippen LogP contribution in [0.1, 0.15) is 2.85 Å². The van der Waals surface area contributed by atoms with Gasteiger partial charge in [0.2, 0.25) is 0 Å². The van der Waals surface area contributed by atoms with E-state index in [9.17, 15) is 0 Å². The number of hydrogen-bond donors (Lipinski definition) is 0. The van der Waals surface area contributed by atoms with Crippen molar-refractivity contribution in [3.8, 4) is 0 Å². The van der Waals surface area contributed by atoms with Gasteiger partial charge < -0.3 is 59.8 Å². The van der Waals surface area contributed by atoms with Crippen LogP contribution in [0.25, 0.3) is 0 Å². The molecular weight excluding hydrogens is 200 g/mol. The molecule has 6 nitrogen and oxygen atoms in total. The van der Waals surface area contributed by atoms with Crippen LogP contribution in [0.4, 0.5) is 0 Å². The summed E-state index contributed by atoms with van der Waals surface area (Å²) in [6.07, 6.45) is 0. The molecule has 0 atom stereocenters. The van der Waals surface area contributed by atoms with Gasteiger partial charge in [0.25, 0.3) is 0 Å². The van der Waals surface area contributed by atoms with Gasteiger partial charge in [0.05, 0.1) is 0 Å². The zero-order valence-electron chi connectivity index (χ0n) is 6.52. The molecule has 0 aromatic carbocycles. The molecule has 0 aromatic heterocycles. The summed E-state index contributed by atoms with van der Waals surface area (Å²) < 4.78 is 0. The fourth-order valence-electron chi connectivity index (χ4n) is 0. The van der Waals surface area contributed by atoms with E-state index in [1.165, 1.54) is 0 Å². The summed E-state index contributed by atoms with van der Waals surface area (Å²) in [7, 11) is 0. The van der Waals surface area contributed by atoms with Crippen molar-refractivity contribution in [3.63, 3.8) is 0 Å². The molecule has 64 valence electrons. The minimum absolute atomic E-state index is 0. The Hall–Kier alpha value is 1.72. The largest absolute Gasteiger partial charge is 2.00 e. The fraction of sp³-hybridized carbons (Fsp3) is 0. The number of rotatable bonds is 0. The smallest absolute Gasteiger partial charge is 2.00 e. The van der Waals surface area contributed by atoms with Crippen molar-refractivity contribution in [1.82, 2.24) is 0 Å². The maximum absolute atomic E-state index is 0. The van der Waals surface area contributed by atoms with E-state index in [1.54, 1.807) is 0 Å². The van der Waals surface area contributed by atoms with Gasteiger partial charge in [0, 0.05) is 0 Å². The average Bonchev–Trinajstić information content (AvgIpc) is 0. The van der Waals surface area contributed by atoms with Crippen molar-refractivity contribution in [2.45, 2.75) is 0 Å². The molecule has 0 heterocycles. The molecule has 0 amide bonds. The van der Waals surface area contributed by atoms with E-state index in [-0.39, 0.29) is 100 Å². The van der Waals surface area contributed by atoms with Crippen LogP contribution in [0.2, 0.25) is 0 Å². The van der Waals surface area contributed by atoms with Crippen molar-refractivity contribution < 1.29 is 35.7 Å². The second-order valence-corrected chi connectivity index (χ2v) is 0. The number of hydrogen-bond acceptors (Lipinski definition) is 0. The molecule has 0 saturated heterocycles. The SMILES string of the molecule is O.O.O.O.O.O.[Ca+2].[H+].[H+].[S-2].[S-2]. The van der Waals surface area contributed by atoms with E-state index in [0.29, 0.717) is 0 Å². The Morgan fingerprint density at radius 3 is 0.444 bits per heavy atom. The average molecular weight is 214 g/mol. The topological polar surface area (TPSA) is 189 Å². The van der Waals surface area contributed by atoms with Gasteiger partial charge in [-0.15, -0.1) is 0 Å². The van der Waals surface area contributed by atoms with Gasteiger partial charge >= 0.3 is 40.6 Å². The summed E-state index contributed by atoms with van der Waals surface area (Å²) >= 11 is 0. The van der Waals surface area contributed by atoms with Crippen LogP contribution in [-0.4, -0.2) is 70.6 Å². The molecule has 0 aliphatic rings. The summed E-state index contributed by atoms with van der Waals surface area (Å²) in [4.78, 5) is 0. The van der Waals surface area contributed by atoms with E-state index in [4.69, 9.17) is 0 Å². The van der Waals surface area contributed by atoms with Crippen molar-refractivity contribution >= 4 is 64.7 Å². The maximum Gasteiger partial charge on any atom is 2.00 e. The molecule has 12 N–H and O–H groups in total. The molecule has 0 radical (unpaired) electrons. The third kappa shape index (κ3) is 196. The van der Waals surface area contributed by atoms with Crippen LogP contribution in [-0.2, 0) is 27.0 Å². The van der Waals surface area contributed by atoms with Gasteiger partial charge in [0.1, 0.15) is 0 Å². The van der Waals surface area contributed by atoms with Gasteiger partial charge in [0.15, 0.2) is 0 Å². The Morgan fingerprint density at radius 1 is 0.444 bits per heavy atom. The minimum Gasteiger partial charge on any atom is -2.00 e. The minimum atomic E-state index is 0. The molecule has 9 heteroatoms. The van der Waals surface area contributed by atoms with Gasteiger partial charge in [-0.05, 0) is 0 Å². The Balaban J connectivity index is 0. The molecule has 0 unspecified atom stereocenters. The third-order valence-electron chi connectivity index (χ3n) is 0. The first-order chi connectivity index (χ1) is 0. The van der Waals surface area contributed by atoms with Crippen molar-refractivity contribution in [2.75, 3.05) is 0 Å². The molecule has 9 heavy (non-hydrogen) atoms. The quantitative estimate of drug-likeness (QED) is 0.349. The Bertz CT molecular complexity index is 18.5. The molecule has 0 rings (SSSR count). The Labute approximate surface area is 99.7 Å². The summed E-state index contributed by atoms with van der Waals surface area (Å²) in [5.41, 5.74) is 0. The standard InChI is InChI=1S/Ca.6H2O.2S/h;6*1H2;;/q+2;;;;;;;2*-2/p+2. The summed E-state index contributed by atoms with van der Waals surface area (Å²) in [5.74, 6) is 0. The molecule has 0 aliphatic heterocycles. The summed E-state index contributed by atoms with van der Waals surface area (Å²) in [6.45, 7) is 0. The van der Waals surface area contributed by atoms with E-state index in [2.05, 4.69) is 0 Å². The van der Waals surface area contributed by atoms with E-state index in [0.717, 1.165) is 0 Å². The monoisotopic (exact) mass is 214 g/mol. The predicted molar refractivity (Wildman–Crippen MR) is 44.4 cm³/mol. The van der Waals surface area contributed by atoms with Gasteiger partial charge in [-0.1, -0.05) is 0 Å².